The lowest BCUT2D eigenvalue weighted by Crippen LogP contribution is -2.23. The Balaban J connectivity index is 1.55. The van der Waals surface area contributed by atoms with Gasteiger partial charge >= 0.3 is 0 Å². The monoisotopic (exact) mass is 412 g/mol. The minimum atomic E-state index is -0.182. The highest BCUT2D eigenvalue weighted by molar-refractivity contribution is 5.89. The molecule has 2 heterocycles. The summed E-state index contributed by atoms with van der Waals surface area (Å²) in [6.45, 7) is 10.6. The molecule has 162 valence electrons. The van der Waals surface area contributed by atoms with E-state index in [4.69, 9.17) is 0 Å². The topological polar surface area (TPSA) is 93.8 Å². The minimum Gasteiger partial charge on any atom is -0.352 e. The molecule has 0 bridgehead atoms. The number of nitrogens with one attached hydrogen (secondary N) is 2. The molecule has 2 N–H and O–H groups in total. The number of rotatable bonds is 11. The van der Waals surface area contributed by atoms with Gasteiger partial charge in [-0.05, 0) is 52.7 Å². The molecule has 0 fully saturated rings. The Hall–Kier alpha value is -3.16. The smallest absolute Gasteiger partial charge is 0.243 e. The first kappa shape index (κ1) is 23.1. The molecule has 0 atom stereocenters. The van der Waals surface area contributed by atoms with Crippen molar-refractivity contribution >= 4 is 11.8 Å². The molecule has 0 spiro atoms. The quantitative estimate of drug-likeness (QED) is 0.336. The van der Waals surface area contributed by atoms with E-state index in [0.717, 1.165) is 48.7 Å². The van der Waals surface area contributed by atoms with E-state index >= 15 is 0 Å². The van der Waals surface area contributed by atoms with Gasteiger partial charge in [-0.25, -0.2) is 0 Å². The van der Waals surface area contributed by atoms with Crippen LogP contribution in [0.5, 0.6) is 0 Å². The van der Waals surface area contributed by atoms with Crippen molar-refractivity contribution in [2.75, 3.05) is 13.1 Å². The number of carbonyl (C=O) groups excluding carboxylic acids is 2. The Bertz CT molecular complexity index is 833. The maximum absolute atomic E-state index is 11.8. The largest absolute Gasteiger partial charge is 0.352 e. The molecule has 8 nitrogen and oxygen atoms in total. The van der Waals surface area contributed by atoms with Crippen molar-refractivity contribution in [3.8, 4) is 0 Å². The maximum atomic E-state index is 11.8. The fourth-order valence-corrected chi connectivity index (χ4v) is 3.09. The van der Waals surface area contributed by atoms with Crippen LogP contribution in [-0.4, -0.2) is 44.5 Å². The zero-order valence-electron chi connectivity index (χ0n) is 18.3. The maximum Gasteiger partial charge on any atom is 0.243 e. The zero-order valence-corrected chi connectivity index (χ0v) is 18.3. The Morgan fingerprint density at radius 1 is 0.800 bits per heavy atom. The van der Waals surface area contributed by atoms with Gasteiger partial charge in [0.1, 0.15) is 0 Å². The van der Waals surface area contributed by atoms with E-state index in [2.05, 4.69) is 20.8 Å². The number of aryl methyl sites for hydroxylation is 6. The van der Waals surface area contributed by atoms with Gasteiger partial charge in [0, 0.05) is 49.7 Å². The predicted octanol–water partition coefficient (Wildman–Crippen LogP) is 2.14. The van der Waals surface area contributed by atoms with E-state index in [1.165, 1.54) is 12.2 Å². The number of aromatic nitrogens is 4. The molecular formula is C22H32N6O2. The summed E-state index contributed by atoms with van der Waals surface area (Å²) in [6, 6.07) is 4.07. The van der Waals surface area contributed by atoms with Crippen LogP contribution in [0, 0.1) is 27.7 Å². The lowest BCUT2D eigenvalue weighted by molar-refractivity contribution is -0.117. The first-order valence-electron chi connectivity index (χ1n) is 10.3. The standard InChI is InChI=1S/C22H32N6O2/c1-17-15-19(3)27(25-17)13-7-11-23-21(29)9-5-6-10-22(30)24-12-8-14-28-20(4)16-18(2)26-28/h5-6,9-10,15-16H,7-8,11-14H2,1-4H3,(H,23,29)(H,24,30). The van der Waals surface area contributed by atoms with Gasteiger partial charge < -0.3 is 10.6 Å². The van der Waals surface area contributed by atoms with E-state index in [1.807, 2.05) is 49.2 Å². The van der Waals surface area contributed by atoms with E-state index in [0.29, 0.717) is 13.1 Å². The van der Waals surface area contributed by atoms with E-state index in [1.54, 1.807) is 12.2 Å². The van der Waals surface area contributed by atoms with Gasteiger partial charge in [-0.1, -0.05) is 12.2 Å². The number of hydrogen-bond acceptors (Lipinski definition) is 4. The van der Waals surface area contributed by atoms with Crippen LogP contribution in [0.25, 0.3) is 0 Å². The molecule has 0 aromatic carbocycles. The molecule has 0 aliphatic rings. The molecule has 2 amide bonds. The second-order valence-electron chi connectivity index (χ2n) is 7.31. The predicted molar refractivity (Wildman–Crippen MR) is 117 cm³/mol. The van der Waals surface area contributed by atoms with Gasteiger partial charge in [-0.3, -0.25) is 19.0 Å². The van der Waals surface area contributed by atoms with Crippen LogP contribution in [0.4, 0.5) is 0 Å². The average Bonchev–Trinajstić information content (AvgIpc) is 3.18. The number of allylic oxidation sites excluding steroid dienone is 2. The van der Waals surface area contributed by atoms with Crippen molar-refractivity contribution < 1.29 is 9.59 Å². The van der Waals surface area contributed by atoms with Crippen LogP contribution < -0.4 is 10.6 Å². The van der Waals surface area contributed by atoms with E-state index in [-0.39, 0.29) is 11.8 Å². The van der Waals surface area contributed by atoms with Crippen LogP contribution in [-0.2, 0) is 22.7 Å². The third kappa shape index (κ3) is 8.06. The molecule has 0 saturated heterocycles. The van der Waals surface area contributed by atoms with Crippen molar-refractivity contribution in [3.63, 3.8) is 0 Å². The van der Waals surface area contributed by atoms with Gasteiger partial charge in [0.25, 0.3) is 0 Å². The lowest BCUT2D eigenvalue weighted by atomic mass is 10.3. The number of amides is 2. The molecule has 0 aliphatic carbocycles. The molecule has 30 heavy (non-hydrogen) atoms. The van der Waals surface area contributed by atoms with Crippen molar-refractivity contribution in [3.05, 3.63) is 59.2 Å². The Morgan fingerprint density at radius 3 is 1.53 bits per heavy atom. The highest BCUT2D eigenvalue weighted by Gasteiger charge is 2.02. The van der Waals surface area contributed by atoms with Crippen LogP contribution in [0.3, 0.4) is 0 Å². The van der Waals surface area contributed by atoms with Gasteiger partial charge in [0.2, 0.25) is 11.8 Å². The average molecular weight is 413 g/mol. The molecular weight excluding hydrogens is 380 g/mol. The summed E-state index contributed by atoms with van der Waals surface area (Å²) in [5.41, 5.74) is 4.24. The first-order valence-corrected chi connectivity index (χ1v) is 10.3. The fraction of sp³-hybridized carbons (Fsp3) is 0.455. The third-order valence-corrected chi connectivity index (χ3v) is 4.50. The van der Waals surface area contributed by atoms with Gasteiger partial charge in [-0.15, -0.1) is 0 Å². The molecule has 0 saturated carbocycles. The molecule has 8 heteroatoms. The summed E-state index contributed by atoms with van der Waals surface area (Å²) < 4.78 is 3.88. The van der Waals surface area contributed by atoms with Crippen molar-refractivity contribution in [2.24, 2.45) is 0 Å². The second-order valence-corrected chi connectivity index (χ2v) is 7.31. The molecule has 2 rings (SSSR count). The van der Waals surface area contributed by atoms with E-state index in [9.17, 15) is 9.59 Å². The third-order valence-electron chi connectivity index (χ3n) is 4.50. The number of nitrogens with zero attached hydrogens (tertiary/aromatic N) is 4. The summed E-state index contributed by atoms with van der Waals surface area (Å²) in [7, 11) is 0. The van der Waals surface area contributed by atoms with Crippen LogP contribution in [0.2, 0.25) is 0 Å². The normalized spacial score (nSPS) is 11.5. The Morgan fingerprint density at radius 2 is 1.20 bits per heavy atom. The zero-order chi connectivity index (χ0) is 21.9. The minimum absolute atomic E-state index is 0.182. The summed E-state index contributed by atoms with van der Waals surface area (Å²) in [6.07, 6.45) is 7.55. The highest BCUT2D eigenvalue weighted by Crippen LogP contribution is 2.03. The SMILES string of the molecule is Cc1cc(C)n(CCCNC(=O)C=CC=CC(=O)NCCCn2nc(C)cc2C)n1. The lowest BCUT2D eigenvalue weighted by Gasteiger charge is -2.05. The second kappa shape index (κ2) is 11.7. The number of carbonyl (C=O) groups is 2. The molecule has 2 aromatic rings. The van der Waals surface area contributed by atoms with Gasteiger partial charge in [-0.2, -0.15) is 10.2 Å². The molecule has 2 aromatic heterocycles. The van der Waals surface area contributed by atoms with Gasteiger partial charge in [0.15, 0.2) is 0 Å². The molecule has 0 aliphatic heterocycles. The van der Waals surface area contributed by atoms with Crippen LogP contribution >= 0.6 is 0 Å². The van der Waals surface area contributed by atoms with Crippen molar-refractivity contribution in [1.29, 1.82) is 0 Å². The van der Waals surface area contributed by atoms with Crippen molar-refractivity contribution in [1.82, 2.24) is 30.2 Å². The van der Waals surface area contributed by atoms with E-state index < -0.39 is 0 Å². The van der Waals surface area contributed by atoms with Crippen molar-refractivity contribution in [2.45, 2.75) is 53.6 Å². The molecule has 0 radical (unpaired) electrons. The molecule has 0 unspecified atom stereocenters. The summed E-state index contributed by atoms with van der Waals surface area (Å²) in [5.74, 6) is -0.364. The Kier molecular flexibility index (Phi) is 9.05. The van der Waals surface area contributed by atoms with Crippen LogP contribution in [0.15, 0.2) is 36.4 Å². The Labute approximate surface area is 178 Å². The summed E-state index contributed by atoms with van der Waals surface area (Å²) in [4.78, 5) is 23.6. The number of hydrogen-bond donors (Lipinski definition) is 2. The first-order chi connectivity index (χ1) is 14.3. The van der Waals surface area contributed by atoms with Crippen LogP contribution in [0.1, 0.15) is 35.6 Å². The summed E-state index contributed by atoms with van der Waals surface area (Å²) >= 11 is 0. The fourth-order valence-electron chi connectivity index (χ4n) is 3.09. The summed E-state index contributed by atoms with van der Waals surface area (Å²) in [5, 5.41) is 14.4. The highest BCUT2D eigenvalue weighted by atomic mass is 16.2. The van der Waals surface area contributed by atoms with Gasteiger partial charge in [0.05, 0.1) is 11.4 Å².